The van der Waals surface area contributed by atoms with E-state index in [-0.39, 0.29) is 23.0 Å². The molecule has 1 atom stereocenters. The first-order valence-corrected chi connectivity index (χ1v) is 11.7. The minimum atomic E-state index is -3.49. The molecule has 0 radical (unpaired) electrons. The van der Waals surface area contributed by atoms with Crippen LogP contribution < -0.4 is 4.90 Å². The van der Waals surface area contributed by atoms with Crippen LogP contribution in [0.4, 0.5) is 5.69 Å². The van der Waals surface area contributed by atoms with Gasteiger partial charge in [0.05, 0.1) is 16.3 Å². The van der Waals surface area contributed by atoms with Crippen molar-refractivity contribution in [2.45, 2.75) is 41.7 Å². The predicted molar refractivity (Wildman–Crippen MR) is 112 cm³/mol. The van der Waals surface area contributed by atoms with Gasteiger partial charge in [-0.05, 0) is 43.7 Å². The fourth-order valence-electron chi connectivity index (χ4n) is 2.99. The van der Waals surface area contributed by atoms with Crippen molar-refractivity contribution in [3.05, 3.63) is 53.1 Å². The Balaban J connectivity index is 1.78. The molecule has 2 aromatic carbocycles. The summed E-state index contributed by atoms with van der Waals surface area (Å²) in [5.41, 5.74) is 1.77. The number of thioether (sulfide) groups is 1. The van der Waals surface area contributed by atoms with E-state index in [1.807, 2.05) is 19.1 Å². The highest BCUT2D eigenvalue weighted by molar-refractivity contribution is 8.00. The highest BCUT2D eigenvalue weighted by Crippen LogP contribution is 2.39. The Kier molecular flexibility index (Phi) is 6.18. The van der Waals surface area contributed by atoms with Crippen molar-refractivity contribution in [1.29, 1.82) is 0 Å². The second-order valence-corrected chi connectivity index (χ2v) is 10.8. The lowest BCUT2D eigenvalue weighted by Gasteiger charge is -2.23. The third kappa shape index (κ3) is 4.86. The average Bonchev–Trinajstić information content (AvgIpc) is 2.78. The fraction of sp³-hybridized carbons (Fsp3) is 0.350. The molecule has 7 heteroatoms. The molecule has 144 valence electrons. The first kappa shape index (κ1) is 20.2. The van der Waals surface area contributed by atoms with Crippen LogP contribution in [-0.2, 0) is 14.6 Å². The Morgan fingerprint density at radius 1 is 1.22 bits per heavy atom. The van der Waals surface area contributed by atoms with Gasteiger partial charge in [0.1, 0.15) is 0 Å². The molecule has 1 unspecified atom stereocenters. The quantitative estimate of drug-likeness (QED) is 0.713. The molecule has 3 rings (SSSR count). The molecule has 0 aliphatic carbocycles. The highest BCUT2D eigenvalue weighted by Gasteiger charge is 2.26. The Morgan fingerprint density at radius 3 is 2.63 bits per heavy atom. The van der Waals surface area contributed by atoms with Crippen LogP contribution in [-0.4, -0.2) is 31.9 Å². The van der Waals surface area contributed by atoms with E-state index >= 15 is 0 Å². The number of nitrogens with zero attached hydrogens (tertiary/aromatic N) is 1. The van der Waals surface area contributed by atoms with E-state index in [4.69, 9.17) is 11.6 Å². The van der Waals surface area contributed by atoms with Crippen molar-refractivity contribution in [2.75, 3.05) is 17.2 Å². The maximum absolute atomic E-state index is 12.9. The molecular weight excluding hydrogens is 402 g/mol. The number of halogens is 1. The monoisotopic (exact) mass is 423 g/mol. The summed E-state index contributed by atoms with van der Waals surface area (Å²) < 4.78 is 25.1. The molecule has 0 N–H and O–H groups in total. The SMILES string of the molecule is Cc1ccc(S(=O)(=O)CCC(=O)N2CCC(C)Sc3ccc(Cl)cc32)cc1. The second kappa shape index (κ2) is 8.25. The number of rotatable bonds is 4. The lowest BCUT2D eigenvalue weighted by molar-refractivity contribution is -0.118. The van der Waals surface area contributed by atoms with Crippen LogP contribution >= 0.6 is 23.4 Å². The van der Waals surface area contributed by atoms with E-state index in [1.54, 1.807) is 47.0 Å². The Bertz CT molecular complexity index is 942. The molecule has 1 aliphatic heterocycles. The van der Waals surface area contributed by atoms with Gasteiger partial charge in [-0.15, -0.1) is 11.8 Å². The van der Waals surface area contributed by atoms with Crippen molar-refractivity contribution in [3.63, 3.8) is 0 Å². The van der Waals surface area contributed by atoms with Gasteiger partial charge in [0.25, 0.3) is 0 Å². The third-order valence-electron chi connectivity index (χ3n) is 4.56. The molecule has 1 aliphatic rings. The van der Waals surface area contributed by atoms with Crippen LogP contribution in [0.3, 0.4) is 0 Å². The summed E-state index contributed by atoms with van der Waals surface area (Å²) in [5, 5.41) is 0.938. The molecule has 2 aromatic rings. The van der Waals surface area contributed by atoms with Gasteiger partial charge in [0.2, 0.25) is 5.91 Å². The van der Waals surface area contributed by atoms with Gasteiger partial charge in [-0.2, -0.15) is 0 Å². The number of benzene rings is 2. The van der Waals surface area contributed by atoms with E-state index in [9.17, 15) is 13.2 Å². The number of anilines is 1. The molecule has 1 amide bonds. The maximum atomic E-state index is 12.9. The molecule has 1 heterocycles. The van der Waals surface area contributed by atoms with Crippen molar-refractivity contribution in [2.24, 2.45) is 0 Å². The number of amides is 1. The van der Waals surface area contributed by atoms with E-state index < -0.39 is 9.84 Å². The lowest BCUT2D eigenvalue weighted by atomic mass is 10.2. The molecule has 4 nitrogen and oxygen atoms in total. The number of fused-ring (bicyclic) bond motifs is 1. The largest absolute Gasteiger partial charge is 0.311 e. The standard InChI is InChI=1S/C20H22ClNO3S2/c1-14-3-6-17(7-4-14)27(24,25)12-10-20(23)22-11-9-15(2)26-19-8-5-16(21)13-18(19)22/h3-8,13,15H,9-12H2,1-2H3. The summed E-state index contributed by atoms with van der Waals surface area (Å²) in [6.45, 7) is 4.59. The number of carbonyl (C=O) groups excluding carboxylic acids is 1. The zero-order valence-electron chi connectivity index (χ0n) is 15.3. The first-order valence-electron chi connectivity index (χ1n) is 8.82. The van der Waals surface area contributed by atoms with Gasteiger partial charge in [-0.25, -0.2) is 8.42 Å². The van der Waals surface area contributed by atoms with Crippen molar-refractivity contribution in [1.82, 2.24) is 0 Å². The molecule has 0 aromatic heterocycles. The van der Waals surface area contributed by atoms with Crippen molar-refractivity contribution in [3.8, 4) is 0 Å². The highest BCUT2D eigenvalue weighted by atomic mass is 35.5. The van der Waals surface area contributed by atoms with E-state index in [2.05, 4.69) is 6.92 Å². The summed E-state index contributed by atoms with van der Waals surface area (Å²) in [5.74, 6) is -0.395. The molecule has 0 spiro atoms. The second-order valence-electron chi connectivity index (χ2n) is 6.76. The fourth-order valence-corrected chi connectivity index (χ4v) is 5.48. The molecule has 0 saturated heterocycles. The zero-order chi connectivity index (χ0) is 19.6. The van der Waals surface area contributed by atoms with Gasteiger partial charge in [-0.1, -0.05) is 36.2 Å². The van der Waals surface area contributed by atoms with E-state index in [0.717, 1.165) is 22.6 Å². The number of hydrogen-bond donors (Lipinski definition) is 0. The minimum Gasteiger partial charge on any atom is -0.311 e. The Labute approximate surface area is 169 Å². The number of sulfone groups is 1. The topological polar surface area (TPSA) is 54.5 Å². The Morgan fingerprint density at radius 2 is 1.93 bits per heavy atom. The summed E-state index contributed by atoms with van der Waals surface area (Å²) in [6, 6.07) is 12.2. The number of aryl methyl sites for hydroxylation is 1. The van der Waals surface area contributed by atoms with Crippen LogP contribution in [0.5, 0.6) is 0 Å². The van der Waals surface area contributed by atoms with Crippen molar-refractivity contribution < 1.29 is 13.2 Å². The molecule has 0 saturated carbocycles. The summed E-state index contributed by atoms with van der Waals surface area (Å²) in [6.07, 6.45) is 0.786. The van der Waals surface area contributed by atoms with Gasteiger partial charge >= 0.3 is 0 Å². The predicted octanol–water partition coefficient (Wildman–Crippen LogP) is 4.73. The minimum absolute atomic E-state index is 0.0544. The lowest BCUT2D eigenvalue weighted by Crippen LogP contribution is -2.33. The van der Waals surface area contributed by atoms with Crippen molar-refractivity contribution >= 4 is 44.8 Å². The van der Waals surface area contributed by atoms with Gasteiger partial charge in [-0.3, -0.25) is 4.79 Å². The molecule has 27 heavy (non-hydrogen) atoms. The molecular formula is C20H22ClNO3S2. The number of carbonyl (C=O) groups is 1. The van der Waals surface area contributed by atoms with Crippen LogP contribution in [0.15, 0.2) is 52.3 Å². The zero-order valence-corrected chi connectivity index (χ0v) is 17.7. The van der Waals surface area contributed by atoms with Crippen LogP contribution in [0.25, 0.3) is 0 Å². The van der Waals surface area contributed by atoms with Crippen LogP contribution in [0.2, 0.25) is 5.02 Å². The summed E-state index contributed by atoms with van der Waals surface area (Å²) in [4.78, 5) is 15.8. The van der Waals surface area contributed by atoms with E-state index in [0.29, 0.717) is 16.8 Å². The Hall–Kier alpha value is -1.50. The average molecular weight is 424 g/mol. The number of hydrogen-bond acceptors (Lipinski definition) is 4. The third-order valence-corrected chi connectivity index (χ3v) is 7.77. The normalized spacial score (nSPS) is 17.3. The summed E-state index contributed by atoms with van der Waals surface area (Å²) >= 11 is 7.85. The van der Waals surface area contributed by atoms with Gasteiger partial charge < -0.3 is 4.90 Å². The smallest absolute Gasteiger partial charge is 0.228 e. The van der Waals surface area contributed by atoms with E-state index in [1.165, 1.54) is 0 Å². The maximum Gasteiger partial charge on any atom is 0.228 e. The molecule has 0 bridgehead atoms. The van der Waals surface area contributed by atoms with Gasteiger partial charge in [0, 0.05) is 28.1 Å². The summed E-state index contributed by atoms with van der Waals surface area (Å²) in [7, 11) is -3.49. The molecule has 0 fully saturated rings. The van der Waals surface area contributed by atoms with Crippen LogP contribution in [0.1, 0.15) is 25.3 Å². The van der Waals surface area contributed by atoms with Gasteiger partial charge in [0.15, 0.2) is 9.84 Å². The van der Waals surface area contributed by atoms with Crippen LogP contribution in [0, 0.1) is 6.92 Å². The first-order chi connectivity index (χ1) is 12.8.